The zero-order valence-electron chi connectivity index (χ0n) is 13.9. The van der Waals surface area contributed by atoms with Crippen LogP contribution >= 0.6 is 0 Å². The summed E-state index contributed by atoms with van der Waals surface area (Å²) in [6.07, 6.45) is 7.95. The highest BCUT2D eigenvalue weighted by atomic mass is 16.2. The fraction of sp³-hybridized carbons (Fsp3) is 0.0526. The minimum absolute atomic E-state index is 0.221. The maximum Gasteiger partial charge on any atom is 0.288 e. The lowest BCUT2D eigenvalue weighted by Crippen LogP contribution is -2.41. The molecule has 0 bridgehead atoms. The molecule has 2 amide bonds. The summed E-state index contributed by atoms with van der Waals surface area (Å²) in [5.41, 5.74) is 6.75. The zero-order chi connectivity index (χ0) is 18.2. The number of hydrazine groups is 1. The number of aromatic nitrogens is 3. The van der Waals surface area contributed by atoms with E-state index < -0.39 is 11.8 Å². The summed E-state index contributed by atoms with van der Waals surface area (Å²) in [5.74, 6) is -0.937. The number of nitrogens with zero attached hydrogens (tertiary/aromatic N) is 3. The van der Waals surface area contributed by atoms with Crippen molar-refractivity contribution in [1.29, 1.82) is 0 Å². The van der Waals surface area contributed by atoms with Crippen molar-refractivity contribution in [3.63, 3.8) is 0 Å². The van der Waals surface area contributed by atoms with Gasteiger partial charge in [0.15, 0.2) is 0 Å². The van der Waals surface area contributed by atoms with Crippen molar-refractivity contribution >= 4 is 17.9 Å². The lowest BCUT2D eigenvalue weighted by molar-refractivity contribution is -0.117. The molecule has 3 aromatic rings. The molecule has 1 aromatic carbocycles. The third-order valence-electron chi connectivity index (χ3n) is 3.46. The predicted octanol–water partition coefficient (Wildman–Crippen LogP) is 1.80. The standard InChI is InChI=1S/C19H17N5O2/c25-18(22-23-19(26)17-8-4-5-11-20-17)10-9-16-12-21-24(14-16)13-15-6-2-1-3-7-15/h1-12,14H,13H2,(H,22,25)(H,23,26)/b10-9+. The van der Waals surface area contributed by atoms with Crippen LogP contribution in [0.4, 0.5) is 0 Å². The van der Waals surface area contributed by atoms with Gasteiger partial charge in [0.25, 0.3) is 11.8 Å². The molecular weight excluding hydrogens is 330 g/mol. The van der Waals surface area contributed by atoms with Gasteiger partial charge in [-0.3, -0.25) is 30.1 Å². The number of pyridine rings is 1. The van der Waals surface area contributed by atoms with E-state index in [0.29, 0.717) is 6.54 Å². The van der Waals surface area contributed by atoms with Gasteiger partial charge in [0.05, 0.1) is 12.7 Å². The second-order valence-electron chi connectivity index (χ2n) is 5.45. The van der Waals surface area contributed by atoms with Gasteiger partial charge in [0.2, 0.25) is 0 Å². The molecule has 0 spiro atoms. The Morgan fingerprint density at radius 1 is 1.04 bits per heavy atom. The molecule has 26 heavy (non-hydrogen) atoms. The minimum Gasteiger partial charge on any atom is -0.268 e. The normalized spacial score (nSPS) is 10.6. The molecule has 2 aromatic heterocycles. The first kappa shape index (κ1) is 17.1. The second kappa shape index (κ2) is 8.39. The predicted molar refractivity (Wildman–Crippen MR) is 96.7 cm³/mol. The van der Waals surface area contributed by atoms with Crippen molar-refractivity contribution in [2.45, 2.75) is 6.54 Å². The molecule has 130 valence electrons. The van der Waals surface area contributed by atoms with Gasteiger partial charge in [0.1, 0.15) is 5.69 Å². The van der Waals surface area contributed by atoms with Crippen LogP contribution in [0.15, 0.2) is 73.2 Å². The lowest BCUT2D eigenvalue weighted by Gasteiger charge is -2.03. The van der Waals surface area contributed by atoms with Crippen molar-refractivity contribution < 1.29 is 9.59 Å². The quantitative estimate of drug-likeness (QED) is 0.544. The molecular formula is C19H17N5O2. The molecule has 7 nitrogen and oxygen atoms in total. The molecule has 0 aliphatic heterocycles. The van der Waals surface area contributed by atoms with Gasteiger partial charge >= 0.3 is 0 Å². The molecule has 0 radical (unpaired) electrons. The van der Waals surface area contributed by atoms with Crippen molar-refractivity contribution in [3.05, 3.63) is 90.0 Å². The Morgan fingerprint density at radius 2 is 1.85 bits per heavy atom. The molecule has 7 heteroatoms. The van der Waals surface area contributed by atoms with Crippen molar-refractivity contribution in [2.24, 2.45) is 0 Å². The molecule has 2 N–H and O–H groups in total. The molecule has 0 unspecified atom stereocenters. The molecule has 0 fully saturated rings. The van der Waals surface area contributed by atoms with E-state index in [1.165, 1.54) is 12.3 Å². The van der Waals surface area contributed by atoms with Gasteiger partial charge in [-0.15, -0.1) is 0 Å². The molecule has 0 saturated heterocycles. The summed E-state index contributed by atoms with van der Waals surface area (Å²) in [4.78, 5) is 27.5. The third-order valence-corrected chi connectivity index (χ3v) is 3.46. The van der Waals surface area contributed by atoms with E-state index >= 15 is 0 Å². The van der Waals surface area contributed by atoms with Crippen molar-refractivity contribution in [2.75, 3.05) is 0 Å². The fourth-order valence-electron chi connectivity index (χ4n) is 2.22. The van der Waals surface area contributed by atoms with Crippen LogP contribution in [0.3, 0.4) is 0 Å². The molecule has 0 saturated carbocycles. The SMILES string of the molecule is O=C(/C=C/c1cnn(Cc2ccccc2)c1)NNC(=O)c1ccccn1. The summed E-state index contributed by atoms with van der Waals surface area (Å²) in [7, 11) is 0. The summed E-state index contributed by atoms with van der Waals surface area (Å²) in [5, 5.41) is 4.26. The van der Waals surface area contributed by atoms with E-state index in [2.05, 4.69) is 20.9 Å². The molecule has 0 aliphatic carbocycles. The van der Waals surface area contributed by atoms with Gasteiger partial charge in [0, 0.05) is 24.0 Å². The van der Waals surface area contributed by atoms with Crippen molar-refractivity contribution in [1.82, 2.24) is 25.6 Å². The summed E-state index contributed by atoms with van der Waals surface area (Å²) in [6, 6.07) is 14.9. The van der Waals surface area contributed by atoms with Crippen molar-refractivity contribution in [3.8, 4) is 0 Å². The van der Waals surface area contributed by atoms with E-state index in [4.69, 9.17) is 0 Å². The largest absolute Gasteiger partial charge is 0.288 e. The van der Waals surface area contributed by atoms with Crippen LogP contribution in [0.5, 0.6) is 0 Å². The third kappa shape index (κ3) is 4.88. The zero-order valence-corrected chi connectivity index (χ0v) is 13.9. The van der Waals surface area contributed by atoms with Crippen LogP contribution in [0.1, 0.15) is 21.6 Å². The minimum atomic E-state index is -0.483. The van der Waals surface area contributed by atoms with Gasteiger partial charge < -0.3 is 0 Å². The monoisotopic (exact) mass is 347 g/mol. The number of hydrogen-bond donors (Lipinski definition) is 2. The van der Waals surface area contributed by atoms with Gasteiger partial charge in [-0.05, 0) is 23.8 Å². The average Bonchev–Trinajstić information content (AvgIpc) is 3.13. The summed E-state index contributed by atoms with van der Waals surface area (Å²) >= 11 is 0. The Kier molecular flexibility index (Phi) is 5.51. The number of carbonyl (C=O) groups excluding carboxylic acids is 2. The molecule has 0 aliphatic rings. The van der Waals surface area contributed by atoms with Gasteiger partial charge in [-0.2, -0.15) is 5.10 Å². The average molecular weight is 347 g/mol. The van der Waals surface area contributed by atoms with Crippen LogP contribution in [-0.4, -0.2) is 26.6 Å². The van der Waals surface area contributed by atoms with Gasteiger partial charge in [-0.25, -0.2) is 0 Å². The summed E-state index contributed by atoms with van der Waals surface area (Å²) < 4.78 is 1.79. The highest BCUT2D eigenvalue weighted by Crippen LogP contribution is 2.05. The molecule has 3 rings (SSSR count). The Balaban J connectivity index is 1.50. The highest BCUT2D eigenvalue weighted by molar-refractivity contribution is 5.96. The van der Waals surface area contributed by atoms with Crippen LogP contribution < -0.4 is 10.9 Å². The maximum absolute atomic E-state index is 11.8. The number of nitrogens with one attached hydrogen (secondary N) is 2. The van der Waals surface area contributed by atoms with E-state index in [0.717, 1.165) is 11.1 Å². The van der Waals surface area contributed by atoms with E-state index in [-0.39, 0.29) is 5.69 Å². The first-order valence-corrected chi connectivity index (χ1v) is 7.96. The first-order chi connectivity index (χ1) is 12.7. The van der Waals surface area contributed by atoms with Crippen LogP contribution in [0.2, 0.25) is 0 Å². The number of hydrogen-bond acceptors (Lipinski definition) is 4. The highest BCUT2D eigenvalue weighted by Gasteiger charge is 2.06. The Morgan fingerprint density at radius 3 is 2.62 bits per heavy atom. The number of carbonyl (C=O) groups is 2. The topological polar surface area (TPSA) is 88.9 Å². The molecule has 2 heterocycles. The van der Waals surface area contributed by atoms with E-state index in [1.807, 2.05) is 36.5 Å². The number of rotatable bonds is 5. The maximum atomic E-state index is 11.8. The van der Waals surface area contributed by atoms with E-state index in [1.54, 1.807) is 35.2 Å². The Bertz CT molecular complexity index is 904. The van der Waals surface area contributed by atoms with Crippen LogP contribution in [0, 0.1) is 0 Å². The van der Waals surface area contributed by atoms with Crippen LogP contribution in [0.25, 0.3) is 6.08 Å². The Hall–Kier alpha value is -3.74. The number of benzene rings is 1. The summed E-state index contributed by atoms with van der Waals surface area (Å²) in [6.45, 7) is 0.654. The Labute approximate surface area is 150 Å². The van der Waals surface area contributed by atoms with Crippen LogP contribution in [-0.2, 0) is 11.3 Å². The fourth-order valence-corrected chi connectivity index (χ4v) is 2.22. The van der Waals surface area contributed by atoms with E-state index in [9.17, 15) is 9.59 Å². The second-order valence-corrected chi connectivity index (χ2v) is 5.45. The number of amides is 2. The lowest BCUT2D eigenvalue weighted by atomic mass is 10.2. The first-order valence-electron chi connectivity index (χ1n) is 7.96. The van der Waals surface area contributed by atoms with Gasteiger partial charge in [-0.1, -0.05) is 36.4 Å². The molecule has 0 atom stereocenters. The smallest absolute Gasteiger partial charge is 0.268 e.